The maximum Gasteiger partial charge on any atom is 0.303 e. The van der Waals surface area contributed by atoms with E-state index in [0.717, 1.165) is 11.1 Å². The molecule has 3 rings (SSSR count). The van der Waals surface area contributed by atoms with Gasteiger partial charge < -0.3 is 15.3 Å². The van der Waals surface area contributed by atoms with Gasteiger partial charge in [0.1, 0.15) is 22.4 Å². The normalized spacial score (nSPS) is 11.7. The molecule has 0 saturated heterocycles. The topological polar surface area (TPSA) is 113 Å². The zero-order valence-electron chi connectivity index (χ0n) is 17.8. The van der Waals surface area contributed by atoms with E-state index in [2.05, 4.69) is 10.2 Å². The first-order valence-electron chi connectivity index (χ1n) is 10.4. The van der Waals surface area contributed by atoms with Crippen LogP contribution in [0.2, 0.25) is 0 Å². The standard InChI is InChI=1S/C24H25N3O4S/c1-2-19(24-27-26-21(32-24)12-13-22(29)30)23(25)20(28)14-16-8-10-18(11-9-16)31-15-17-6-4-3-5-7-17/h3-11,19,25H,2,12-15H2,1H3,(H,29,30). The number of aliphatic carboxylic acids is 1. The average Bonchev–Trinajstić information content (AvgIpc) is 3.27. The third-order valence-corrected chi connectivity index (χ3v) is 6.02. The Morgan fingerprint density at radius 1 is 1.06 bits per heavy atom. The minimum Gasteiger partial charge on any atom is -0.489 e. The van der Waals surface area contributed by atoms with Crippen molar-refractivity contribution in [3.63, 3.8) is 0 Å². The summed E-state index contributed by atoms with van der Waals surface area (Å²) in [4.78, 5) is 23.5. The van der Waals surface area contributed by atoms with Gasteiger partial charge in [-0.1, -0.05) is 49.4 Å². The summed E-state index contributed by atoms with van der Waals surface area (Å²) < 4.78 is 5.77. The molecule has 32 heavy (non-hydrogen) atoms. The van der Waals surface area contributed by atoms with Gasteiger partial charge in [0.2, 0.25) is 0 Å². The van der Waals surface area contributed by atoms with Crippen LogP contribution in [0.4, 0.5) is 0 Å². The zero-order chi connectivity index (χ0) is 22.9. The Hall–Kier alpha value is -3.39. The Bertz CT molecular complexity index is 1060. The third kappa shape index (κ3) is 6.55. The van der Waals surface area contributed by atoms with E-state index in [1.165, 1.54) is 11.3 Å². The number of nitrogens with one attached hydrogen (secondary N) is 1. The first-order valence-corrected chi connectivity index (χ1v) is 11.2. The third-order valence-electron chi connectivity index (χ3n) is 4.93. The van der Waals surface area contributed by atoms with E-state index < -0.39 is 11.9 Å². The molecule has 0 amide bonds. The number of Topliss-reactive ketones (excluding diaryl/α,β-unsaturated/α-hetero) is 1. The molecule has 1 unspecified atom stereocenters. The van der Waals surface area contributed by atoms with Crippen LogP contribution >= 0.6 is 11.3 Å². The molecule has 0 aliphatic carbocycles. The highest BCUT2D eigenvalue weighted by Gasteiger charge is 2.25. The van der Waals surface area contributed by atoms with Crippen LogP contribution in [0.1, 0.15) is 46.8 Å². The lowest BCUT2D eigenvalue weighted by Gasteiger charge is -2.12. The SMILES string of the molecule is CCC(C(=N)C(=O)Cc1ccc(OCc2ccccc2)cc1)c1nnc(CCC(=O)O)s1. The molecule has 0 fully saturated rings. The number of rotatable bonds is 12. The highest BCUT2D eigenvalue weighted by Crippen LogP contribution is 2.26. The van der Waals surface area contributed by atoms with Gasteiger partial charge in [-0.25, -0.2) is 0 Å². The summed E-state index contributed by atoms with van der Waals surface area (Å²) in [7, 11) is 0. The molecule has 0 aliphatic rings. The molecule has 2 N–H and O–H groups in total. The molecule has 7 nitrogen and oxygen atoms in total. The van der Waals surface area contributed by atoms with Gasteiger partial charge in [-0.3, -0.25) is 9.59 Å². The molecule has 3 aromatic rings. The van der Waals surface area contributed by atoms with Crippen LogP contribution < -0.4 is 4.74 Å². The van der Waals surface area contributed by atoms with Gasteiger partial charge in [-0.05, 0) is 29.7 Å². The van der Waals surface area contributed by atoms with Crippen LogP contribution in [0.25, 0.3) is 0 Å². The van der Waals surface area contributed by atoms with Crippen molar-refractivity contribution >= 4 is 28.8 Å². The van der Waals surface area contributed by atoms with E-state index in [1.54, 1.807) is 0 Å². The molecule has 0 aliphatic heterocycles. The van der Waals surface area contributed by atoms with E-state index in [0.29, 0.717) is 35.2 Å². The number of ketones is 1. The molecular formula is C24H25N3O4S. The van der Waals surface area contributed by atoms with Crippen molar-refractivity contribution in [1.82, 2.24) is 10.2 Å². The van der Waals surface area contributed by atoms with Gasteiger partial charge in [0.15, 0.2) is 5.78 Å². The van der Waals surface area contributed by atoms with Crippen molar-refractivity contribution in [2.24, 2.45) is 0 Å². The van der Waals surface area contributed by atoms with Gasteiger partial charge in [0, 0.05) is 12.8 Å². The molecular weight excluding hydrogens is 426 g/mol. The number of ether oxygens (including phenoxy) is 1. The van der Waals surface area contributed by atoms with E-state index in [4.69, 9.17) is 15.3 Å². The van der Waals surface area contributed by atoms with Crippen molar-refractivity contribution in [2.75, 3.05) is 0 Å². The van der Waals surface area contributed by atoms with Crippen molar-refractivity contribution < 1.29 is 19.4 Å². The van der Waals surface area contributed by atoms with Crippen LogP contribution in [0.5, 0.6) is 5.75 Å². The van der Waals surface area contributed by atoms with E-state index in [-0.39, 0.29) is 24.3 Å². The number of aryl methyl sites for hydroxylation is 1. The quantitative estimate of drug-likeness (QED) is 0.393. The molecule has 8 heteroatoms. The second-order valence-corrected chi connectivity index (χ2v) is 8.41. The van der Waals surface area contributed by atoms with Crippen LogP contribution in [0.15, 0.2) is 54.6 Å². The summed E-state index contributed by atoms with van der Waals surface area (Å²) in [6.07, 6.45) is 0.944. The van der Waals surface area contributed by atoms with E-state index in [9.17, 15) is 9.59 Å². The van der Waals surface area contributed by atoms with Gasteiger partial charge in [0.25, 0.3) is 0 Å². The maximum atomic E-state index is 12.7. The summed E-state index contributed by atoms with van der Waals surface area (Å²) in [6.45, 7) is 2.36. The largest absolute Gasteiger partial charge is 0.489 e. The van der Waals surface area contributed by atoms with Gasteiger partial charge in [0.05, 0.1) is 18.1 Å². The molecule has 0 saturated carbocycles. The van der Waals surface area contributed by atoms with Crippen molar-refractivity contribution in [3.05, 3.63) is 75.7 Å². The van der Waals surface area contributed by atoms with Crippen LogP contribution in [0.3, 0.4) is 0 Å². The fourth-order valence-corrected chi connectivity index (χ4v) is 4.18. The zero-order valence-corrected chi connectivity index (χ0v) is 18.6. The number of hydrogen-bond acceptors (Lipinski definition) is 7. The summed E-state index contributed by atoms with van der Waals surface area (Å²) in [5, 5.41) is 26.5. The number of carboxylic acids is 1. The minimum absolute atomic E-state index is 0.00200. The number of nitrogens with zero attached hydrogens (tertiary/aromatic N) is 2. The second-order valence-electron chi connectivity index (χ2n) is 7.32. The summed E-state index contributed by atoms with van der Waals surface area (Å²) in [5.74, 6) is -0.883. The highest BCUT2D eigenvalue weighted by atomic mass is 32.1. The molecule has 0 spiro atoms. The van der Waals surface area contributed by atoms with Crippen molar-refractivity contribution in [3.8, 4) is 5.75 Å². The maximum absolute atomic E-state index is 12.7. The summed E-state index contributed by atoms with van der Waals surface area (Å²) in [5.41, 5.74) is 1.88. The summed E-state index contributed by atoms with van der Waals surface area (Å²) >= 11 is 1.27. The van der Waals surface area contributed by atoms with Gasteiger partial charge in [-0.2, -0.15) is 0 Å². The van der Waals surface area contributed by atoms with E-state index in [1.807, 2.05) is 61.5 Å². The predicted octanol–water partition coefficient (Wildman–Crippen LogP) is 4.46. The van der Waals surface area contributed by atoms with Crippen LogP contribution in [0, 0.1) is 5.41 Å². The highest BCUT2D eigenvalue weighted by molar-refractivity contribution is 7.11. The second kappa shape index (κ2) is 11.3. The molecule has 0 bridgehead atoms. The number of aromatic nitrogens is 2. The molecule has 1 aromatic heterocycles. The molecule has 2 aromatic carbocycles. The Labute approximate surface area is 190 Å². The molecule has 0 radical (unpaired) electrons. The Kier molecular flexibility index (Phi) is 8.21. The molecule has 1 atom stereocenters. The van der Waals surface area contributed by atoms with Crippen molar-refractivity contribution in [1.29, 1.82) is 5.41 Å². The number of benzene rings is 2. The van der Waals surface area contributed by atoms with Gasteiger partial charge >= 0.3 is 5.97 Å². The average molecular weight is 452 g/mol. The van der Waals surface area contributed by atoms with E-state index >= 15 is 0 Å². The fourth-order valence-electron chi connectivity index (χ4n) is 3.14. The minimum atomic E-state index is -0.895. The number of carboxylic acid groups (broad SMARTS) is 1. The number of hydrogen-bond donors (Lipinski definition) is 2. The summed E-state index contributed by atoms with van der Waals surface area (Å²) in [6, 6.07) is 17.2. The smallest absolute Gasteiger partial charge is 0.303 e. The lowest BCUT2D eigenvalue weighted by molar-refractivity contribution is -0.137. The number of carbonyl (C=O) groups excluding carboxylic acids is 1. The monoisotopic (exact) mass is 451 g/mol. The lowest BCUT2D eigenvalue weighted by atomic mass is 9.94. The lowest BCUT2D eigenvalue weighted by Crippen LogP contribution is -2.23. The molecule has 1 heterocycles. The Balaban J connectivity index is 1.56. The van der Waals surface area contributed by atoms with Gasteiger partial charge in [-0.15, -0.1) is 21.5 Å². The Morgan fingerprint density at radius 2 is 1.78 bits per heavy atom. The van der Waals surface area contributed by atoms with Crippen LogP contribution in [-0.2, 0) is 29.0 Å². The number of carbonyl (C=O) groups is 2. The predicted molar refractivity (Wildman–Crippen MR) is 123 cm³/mol. The Morgan fingerprint density at radius 3 is 2.44 bits per heavy atom. The molecule has 166 valence electrons. The van der Waals surface area contributed by atoms with Crippen molar-refractivity contribution in [2.45, 2.75) is 45.1 Å². The van der Waals surface area contributed by atoms with Crippen LogP contribution in [-0.4, -0.2) is 32.8 Å². The fraction of sp³-hybridized carbons (Fsp3) is 0.292. The first kappa shape index (κ1) is 23.3. The first-order chi connectivity index (χ1) is 15.5.